The molecule has 0 atom stereocenters. The first-order valence-corrected chi connectivity index (χ1v) is 11.0. The summed E-state index contributed by atoms with van der Waals surface area (Å²) in [5, 5.41) is 5.51. The molecule has 0 radical (unpaired) electrons. The van der Waals surface area contributed by atoms with Crippen LogP contribution < -0.4 is 0 Å². The lowest BCUT2D eigenvalue weighted by Gasteiger charge is -2.39. The molecule has 5 rings (SSSR count). The standard InChI is InChI=1S/C22H29N5S/c1-25-14-18(13-24-25)21-15-27(28)22-20(21)11-17(12-23-22)16-5-7-19(8-6-16)26-9-3-2-4-10-26/h11-16,19,28H,2-10H2,1H3. The van der Waals surface area contributed by atoms with Crippen LogP contribution in [0.4, 0.5) is 0 Å². The van der Waals surface area contributed by atoms with Crippen LogP contribution in [0, 0.1) is 0 Å². The number of hydrogen-bond acceptors (Lipinski definition) is 4. The molecule has 28 heavy (non-hydrogen) atoms. The Hall–Kier alpha value is -1.79. The zero-order valence-corrected chi connectivity index (χ0v) is 17.5. The summed E-state index contributed by atoms with van der Waals surface area (Å²) >= 11 is 4.58. The van der Waals surface area contributed by atoms with Crippen LogP contribution in [0.1, 0.15) is 56.4 Å². The van der Waals surface area contributed by atoms with Crippen LogP contribution in [0.5, 0.6) is 0 Å². The van der Waals surface area contributed by atoms with E-state index in [1.54, 1.807) is 0 Å². The average Bonchev–Trinajstić information content (AvgIpc) is 3.32. The lowest BCUT2D eigenvalue weighted by molar-refractivity contribution is 0.125. The number of fused-ring (bicyclic) bond motifs is 1. The van der Waals surface area contributed by atoms with E-state index in [2.05, 4.69) is 47.5 Å². The van der Waals surface area contributed by atoms with Gasteiger partial charge in [0.1, 0.15) is 5.65 Å². The Balaban J connectivity index is 1.38. The van der Waals surface area contributed by atoms with E-state index >= 15 is 0 Å². The van der Waals surface area contributed by atoms with Gasteiger partial charge in [-0.3, -0.25) is 8.65 Å². The smallest absolute Gasteiger partial charge is 0.150 e. The molecule has 148 valence electrons. The van der Waals surface area contributed by atoms with Crippen LogP contribution >= 0.6 is 12.8 Å². The summed E-state index contributed by atoms with van der Waals surface area (Å²) in [5.74, 6) is 0.628. The molecule has 6 heteroatoms. The summed E-state index contributed by atoms with van der Waals surface area (Å²) in [5.41, 5.74) is 4.59. The van der Waals surface area contributed by atoms with E-state index in [0.29, 0.717) is 5.92 Å². The van der Waals surface area contributed by atoms with Gasteiger partial charge in [-0.05, 0) is 69.2 Å². The van der Waals surface area contributed by atoms with Crippen molar-refractivity contribution >= 4 is 23.8 Å². The van der Waals surface area contributed by atoms with Crippen molar-refractivity contribution in [2.45, 2.75) is 56.9 Å². The molecule has 0 bridgehead atoms. The summed E-state index contributed by atoms with van der Waals surface area (Å²) in [6, 6.07) is 3.15. The van der Waals surface area contributed by atoms with E-state index in [0.717, 1.165) is 22.8 Å². The molecule has 1 aliphatic carbocycles. The van der Waals surface area contributed by atoms with Gasteiger partial charge in [0, 0.05) is 48.2 Å². The largest absolute Gasteiger partial charge is 0.300 e. The Morgan fingerprint density at radius 2 is 1.79 bits per heavy atom. The molecule has 3 aromatic rings. The Kier molecular flexibility index (Phi) is 4.93. The number of hydrogen-bond donors (Lipinski definition) is 1. The third-order valence-corrected chi connectivity index (χ3v) is 7.04. The van der Waals surface area contributed by atoms with E-state index in [-0.39, 0.29) is 0 Å². The van der Waals surface area contributed by atoms with Crippen LogP contribution in [0.25, 0.3) is 22.2 Å². The fourth-order valence-corrected chi connectivity index (χ4v) is 5.45. The highest BCUT2D eigenvalue weighted by Gasteiger charge is 2.28. The van der Waals surface area contributed by atoms with E-state index in [1.807, 2.05) is 21.9 Å². The van der Waals surface area contributed by atoms with Crippen molar-refractivity contribution in [1.29, 1.82) is 0 Å². The Labute approximate surface area is 172 Å². The lowest BCUT2D eigenvalue weighted by Crippen LogP contribution is -2.41. The van der Waals surface area contributed by atoms with Gasteiger partial charge < -0.3 is 4.90 Å². The second kappa shape index (κ2) is 7.56. The van der Waals surface area contributed by atoms with Gasteiger partial charge in [0.2, 0.25) is 0 Å². The minimum atomic E-state index is 0.628. The fraction of sp³-hybridized carbons (Fsp3) is 0.545. The van der Waals surface area contributed by atoms with E-state index in [9.17, 15) is 0 Å². The predicted molar refractivity (Wildman–Crippen MR) is 117 cm³/mol. The van der Waals surface area contributed by atoms with Gasteiger partial charge in [0.05, 0.1) is 6.20 Å². The van der Waals surface area contributed by atoms with Crippen LogP contribution in [-0.4, -0.2) is 42.8 Å². The lowest BCUT2D eigenvalue weighted by atomic mass is 9.81. The maximum absolute atomic E-state index is 4.77. The summed E-state index contributed by atoms with van der Waals surface area (Å²) in [7, 11) is 1.95. The molecule has 3 aromatic heterocycles. The van der Waals surface area contributed by atoms with Crippen molar-refractivity contribution < 1.29 is 0 Å². The topological polar surface area (TPSA) is 38.9 Å². The predicted octanol–water partition coefficient (Wildman–Crippen LogP) is 4.64. The summed E-state index contributed by atoms with van der Waals surface area (Å²) < 4.78 is 3.67. The third kappa shape index (κ3) is 3.37. The fourth-order valence-electron chi connectivity index (χ4n) is 5.18. The van der Waals surface area contributed by atoms with E-state index < -0.39 is 0 Å². The van der Waals surface area contributed by atoms with Gasteiger partial charge in [-0.25, -0.2) is 4.98 Å². The number of piperidine rings is 1. The van der Waals surface area contributed by atoms with E-state index in [1.165, 1.54) is 69.0 Å². The third-order valence-electron chi connectivity index (χ3n) is 6.74. The quantitative estimate of drug-likeness (QED) is 0.657. The Bertz CT molecular complexity index is 961. The number of aromatic nitrogens is 4. The molecule has 1 saturated carbocycles. The van der Waals surface area contributed by atoms with Crippen LogP contribution in [0.3, 0.4) is 0 Å². The summed E-state index contributed by atoms with van der Waals surface area (Å²) in [6.07, 6.45) is 17.5. The summed E-state index contributed by atoms with van der Waals surface area (Å²) in [4.78, 5) is 7.52. The molecule has 0 N–H and O–H groups in total. The maximum Gasteiger partial charge on any atom is 0.150 e. The van der Waals surface area contributed by atoms with Crippen molar-refractivity contribution in [3.05, 3.63) is 36.4 Å². The molecule has 0 spiro atoms. The minimum absolute atomic E-state index is 0.628. The molecule has 4 heterocycles. The van der Waals surface area contributed by atoms with E-state index in [4.69, 9.17) is 4.98 Å². The minimum Gasteiger partial charge on any atom is -0.300 e. The molecular formula is C22H29N5S. The number of aryl methyl sites for hydroxylation is 1. The number of pyridine rings is 1. The second-order valence-electron chi connectivity index (χ2n) is 8.53. The molecule has 0 amide bonds. The van der Waals surface area contributed by atoms with Gasteiger partial charge in [-0.1, -0.05) is 19.2 Å². The SMILES string of the molecule is Cn1cc(-c2cn(S)c3ncc(C4CCC(N5CCCCC5)CC4)cc23)cn1. The van der Waals surface area contributed by atoms with Gasteiger partial charge in [0.25, 0.3) is 0 Å². The highest BCUT2D eigenvalue weighted by atomic mass is 32.1. The maximum atomic E-state index is 4.77. The van der Waals surface area contributed by atoms with Crippen molar-refractivity contribution in [2.24, 2.45) is 7.05 Å². The monoisotopic (exact) mass is 395 g/mol. The first-order chi connectivity index (χ1) is 13.7. The molecular weight excluding hydrogens is 366 g/mol. The molecule has 0 unspecified atom stereocenters. The zero-order valence-electron chi connectivity index (χ0n) is 16.6. The Morgan fingerprint density at radius 1 is 1.00 bits per heavy atom. The molecule has 5 nitrogen and oxygen atoms in total. The van der Waals surface area contributed by atoms with Crippen LogP contribution in [-0.2, 0) is 7.05 Å². The normalized spacial score (nSPS) is 24.1. The number of nitrogens with zero attached hydrogens (tertiary/aromatic N) is 5. The highest BCUT2D eigenvalue weighted by molar-refractivity contribution is 7.78. The van der Waals surface area contributed by atoms with Crippen molar-refractivity contribution in [2.75, 3.05) is 13.1 Å². The molecule has 0 aromatic carbocycles. The van der Waals surface area contributed by atoms with Crippen LogP contribution in [0.15, 0.2) is 30.9 Å². The molecule has 1 aliphatic heterocycles. The zero-order chi connectivity index (χ0) is 19.1. The first kappa shape index (κ1) is 18.3. The molecule has 2 aliphatic rings. The van der Waals surface area contributed by atoms with Crippen molar-refractivity contribution in [3.8, 4) is 11.1 Å². The number of likely N-dealkylation sites (tertiary alicyclic amines) is 1. The van der Waals surface area contributed by atoms with Gasteiger partial charge in [-0.2, -0.15) is 5.10 Å². The Morgan fingerprint density at radius 3 is 2.50 bits per heavy atom. The van der Waals surface area contributed by atoms with Crippen molar-refractivity contribution in [1.82, 2.24) is 23.6 Å². The number of rotatable bonds is 3. The number of thiol groups is 1. The van der Waals surface area contributed by atoms with Gasteiger partial charge in [-0.15, -0.1) is 0 Å². The average molecular weight is 396 g/mol. The van der Waals surface area contributed by atoms with Crippen LogP contribution in [0.2, 0.25) is 0 Å². The first-order valence-electron chi connectivity index (χ1n) is 10.6. The summed E-state index contributed by atoms with van der Waals surface area (Å²) in [6.45, 7) is 2.62. The van der Waals surface area contributed by atoms with Gasteiger partial charge >= 0.3 is 0 Å². The highest BCUT2D eigenvalue weighted by Crippen LogP contribution is 2.38. The van der Waals surface area contributed by atoms with Crippen molar-refractivity contribution in [3.63, 3.8) is 0 Å². The van der Waals surface area contributed by atoms with Gasteiger partial charge in [0.15, 0.2) is 0 Å². The second-order valence-corrected chi connectivity index (χ2v) is 8.96. The molecule has 2 fully saturated rings. The molecule has 1 saturated heterocycles.